The van der Waals surface area contributed by atoms with Crippen LogP contribution in [0.3, 0.4) is 0 Å². The van der Waals surface area contributed by atoms with Gasteiger partial charge in [0, 0.05) is 23.0 Å². The van der Waals surface area contributed by atoms with E-state index in [0.29, 0.717) is 0 Å². The highest BCUT2D eigenvalue weighted by atomic mass is 35.5. The number of benzene rings is 1. The highest BCUT2D eigenvalue weighted by Crippen LogP contribution is 2.31. The molecule has 1 atom stereocenters. The summed E-state index contributed by atoms with van der Waals surface area (Å²) in [7, 11) is 0. The highest BCUT2D eigenvalue weighted by molar-refractivity contribution is 6.30. The summed E-state index contributed by atoms with van der Waals surface area (Å²) in [4.78, 5) is 15.6. The summed E-state index contributed by atoms with van der Waals surface area (Å²) in [6.45, 7) is 1.49. The molecule has 2 aromatic rings. The van der Waals surface area contributed by atoms with Crippen molar-refractivity contribution in [3.63, 3.8) is 0 Å². The molecule has 5 heteroatoms. The van der Waals surface area contributed by atoms with Crippen LogP contribution in [0.4, 0.5) is 4.39 Å². The van der Waals surface area contributed by atoms with Crippen LogP contribution in [-0.4, -0.2) is 16.1 Å². The standard InChI is InChI=1S/C15H13ClFNO2/c1-15(14(19)20,8-10-3-2-6-18-9-10)12-5-4-11(16)7-13(12)17/h2-7,9H,8H2,1H3,(H,19,20). The van der Waals surface area contributed by atoms with Crippen LogP contribution >= 0.6 is 11.6 Å². The van der Waals surface area contributed by atoms with E-state index >= 15 is 0 Å². The fourth-order valence-corrected chi connectivity index (χ4v) is 2.29. The van der Waals surface area contributed by atoms with E-state index in [0.717, 1.165) is 11.6 Å². The minimum atomic E-state index is -1.38. The number of pyridine rings is 1. The number of hydrogen-bond donors (Lipinski definition) is 1. The quantitative estimate of drug-likeness (QED) is 0.939. The number of hydrogen-bond acceptors (Lipinski definition) is 2. The number of nitrogens with zero attached hydrogens (tertiary/aromatic N) is 1. The Morgan fingerprint density at radius 2 is 2.20 bits per heavy atom. The Kier molecular flexibility index (Phi) is 4.04. The molecular formula is C15H13ClFNO2. The molecule has 1 heterocycles. The van der Waals surface area contributed by atoms with Crippen LogP contribution in [-0.2, 0) is 16.6 Å². The lowest BCUT2D eigenvalue weighted by Crippen LogP contribution is -2.35. The van der Waals surface area contributed by atoms with Crippen molar-refractivity contribution in [2.75, 3.05) is 0 Å². The average molecular weight is 294 g/mol. The monoisotopic (exact) mass is 293 g/mol. The Hall–Kier alpha value is -1.94. The van der Waals surface area contributed by atoms with Gasteiger partial charge in [-0.05, 0) is 37.1 Å². The van der Waals surface area contributed by atoms with E-state index in [9.17, 15) is 14.3 Å². The van der Waals surface area contributed by atoms with E-state index in [4.69, 9.17) is 11.6 Å². The van der Waals surface area contributed by atoms with Crippen molar-refractivity contribution in [3.05, 3.63) is 64.7 Å². The molecule has 0 bridgehead atoms. The van der Waals surface area contributed by atoms with Crippen LogP contribution in [0, 0.1) is 5.82 Å². The second-order valence-electron chi connectivity index (χ2n) is 4.80. The van der Waals surface area contributed by atoms with Crippen molar-refractivity contribution in [2.24, 2.45) is 0 Å². The Morgan fingerprint density at radius 3 is 2.75 bits per heavy atom. The van der Waals surface area contributed by atoms with Crippen molar-refractivity contribution in [1.29, 1.82) is 0 Å². The van der Waals surface area contributed by atoms with E-state index in [2.05, 4.69) is 4.98 Å². The molecular weight excluding hydrogens is 281 g/mol. The van der Waals surface area contributed by atoms with Gasteiger partial charge in [-0.15, -0.1) is 0 Å². The molecule has 1 unspecified atom stereocenters. The van der Waals surface area contributed by atoms with Gasteiger partial charge in [0.25, 0.3) is 0 Å². The third-order valence-corrected chi connectivity index (χ3v) is 3.51. The Morgan fingerprint density at radius 1 is 1.45 bits per heavy atom. The van der Waals surface area contributed by atoms with Crippen molar-refractivity contribution >= 4 is 17.6 Å². The lowest BCUT2D eigenvalue weighted by Gasteiger charge is -2.26. The van der Waals surface area contributed by atoms with Crippen molar-refractivity contribution in [2.45, 2.75) is 18.8 Å². The predicted octanol–water partition coefficient (Wildman–Crippen LogP) is 3.46. The highest BCUT2D eigenvalue weighted by Gasteiger charge is 2.37. The van der Waals surface area contributed by atoms with Crippen LogP contribution in [0.15, 0.2) is 42.7 Å². The molecule has 0 fully saturated rings. The molecule has 0 amide bonds. The first-order chi connectivity index (χ1) is 9.43. The van der Waals surface area contributed by atoms with Crippen LogP contribution in [0.1, 0.15) is 18.1 Å². The lowest BCUT2D eigenvalue weighted by molar-refractivity contribution is -0.143. The largest absolute Gasteiger partial charge is 0.481 e. The maximum Gasteiger partial charge on any atom is 0.314 e. The number of carboxylic acids is 1. The molecule has 2 rings (SSSR count). The van der Waals surface area contributed by atoms with Gasteiger partial charge in [0.15, 0.2) is 0 Å². The third kappa shape index (κ3) is 2.80. The molecule has 1 aromatic heterocycles. The van der Waals surface area contributed by atoms with Gasteiger partial charge in [0.1, 0.15) is 5.82 Å². The summed E-state index contributed by atoms with van der Waals surface area (Å²) in [5.41, 5.74) is -0.539. The summed E-state index contributed by atoms with van der Waals surface area (Å²) in [6, 6.07) is 7.52. The summed E-state index contributed by atoms with van der Waals surface area (Å²) in [5.74, 6) is -1.71. The van der Waals surface area contributed by atoms with Gasteiger partial charge in [0.05, 0.1) is 5.41 Å². The second kappa shape index (κ2) is 5.59. The summed E-state index contributed by atoms with van der Waals surface area (Å²) >= 11 is 5.71. The molecule has 0 radical (unpaired) electrons. The van der Waals surface area contributed by atoms with Crippen molar-refractivity contribution < 1.29 is 14.3 Å². The van der Waals surface area contributed by atoms with E-state index < -0.39 is 17.2 Å². The fourth-order valence-electron chi connectivity index (χ4n) is 2.13. The van der Waals surface area contributed by atoms with Crippen LogP contribution < -0.4 is 0 Å². The van der Waals surface area contributed by atoms with Gasteiger partial charge in [0.2, 0.25) is 0 Å². The molecule has 1 aromatic carbocycles. The van der Waals surface area contributed by atoms with Crippen LogP contribution in [0.5, 0.6) is 0 Å². The molecule has 104 valence electrons. The first kappa shape index (κ1) is 14.5. The Balaban J connectivity index is 2.47. The zero-order valence-electron chi connectivity index (χ0n) is 10.8. The fraction of sp³-hybridized carbons (Fsp3) is 0.200. The smallest absolute Gasteiger partial charge is 0.314 e. The lowest BCUT2D eigenvalue weighted by atomic mass is 9.77. The minimum absolute atomic E-state index is 0.109. The predicted molar refractivity (Wildman–Crippen MR) is 74.3 cm³/mol. The van der Waals surface area contributed by atoms with E-state index in [1.807, 2.05) is 0 Å². The van der Waals surface area contributed by atoms with E-state index in [-0.39, 0.29) is 17.0 Å². The van der Waals surface area contributed by atoms with Crippen LogP contribution in [0.2, 0.25) is 5.02 Å². The van der Waals surface area contributed by atoms with Crippen molar-refractivity contribution in [1.82, 2.24) is 4.98 Å². The number of aromatic nitrogens is 1. The van der Waals surface area contributed by atoms with Crippen molar-refractivity contribution in [3.8, 4) is 0 Å². The second-order valence-corrected chi connectivity index (χ2v) is 5.24. The summed E-state index contributed by atoms with van der Waals surface area (Å²) in [6.07, 6.45) is 3.33. The zero-order valence-corrected chi connectivity index (χ0v) is 11.6. The van der Waals surface area contributed by atoms with Gasteiger partial charge in [-0.2, -0.15) is 0 Å². The summed E-state index contributed by atoms with van der Waals surface area (Å²) in [5, 5.41) is 9.76. The minimum Gasteiger partial charge on any atom is -0.481 e. The first-order valence-corrected chi connectivity index (χ1v) is 6.39. The molecule has 0 spiro atoms. The normalized spacial score (nSPS) is 13.8. The molecule has 1 N–H and O–H groups in total. The number of aliphatic carboxylic acids is 1. The molecule has 3 nitrogen and oxygen atoms in total. The Bertz CT molecular complexity index is 633. The average Bonchev–Trinajstić information content (AvgIpc) is 2.39. The van der Waals surface area contributed by atoms with Gasteiger partial charge in [-0.1, -0.05) is 23.7 Å². The first-order valence-electron chi connectivity index (χ1n) is 6.01. The van der Waals surface area contributed by atoms with Gasteiger partial charge >= 0.3 is 5.97 Å². The van der Waals surface area contributed by atoms with E-state index in [1.54, 1.807) is 24.5 Å². The van der Waals surface area contributed by atoms with Gasteiger partial charge in [-0.3, -0.25) is 9.78 Å². The number of halogens is 2. The molecule has 20 heavy (non-hydrogen) atoms. The Labute approximate surface area is 121 Å². The van der Waals surface area contributed by atoms with Crippen LogP contribution in [0.25, 0.3) is 0 Å². The number of carboxylic acid groups (broad SMARTS) is 1. The molecule has 0 aliphatic carbocycles. The topological polar surface area (TPSA) is 50.2 Å². The molecule has 0 saturated heterocycles. The SMILES string of the molecule is CC(Cc1cccnc1)(C(=O)O)c1ccc(Cl)cc1F. The van der Waals surface area contributed by atoms with Gasteiger partial charge < -0.3 is 5.11 Å². The maximum atomic E-state index is 14.0. The molecule has 0 aliphatic rings. The number of rotatable bonds is 4. The molecule has 0 aliphatic heterocycles. The summed E-state index contributed by atoms with van der Waals surface area (Å²) < 4.78 is 14.0. The zero-order chi connectivity index (χ0) is 14.8. The molecule has 0 saturated carbocycles. The maximum absolute atomic E-state index is 14.0. The third-order valence-electron chi connectivity index (χ3n) is 3.28. The van der Waals surface area contributed by atoms with E-state index in [1.165, 1.54) is 19.1 Å². The number of carbonyl (C=O) groups is 1. The van der Waals surface area contributed by atoms with Gasteiger partial charge in [-0.25, -0.2) is 4.39 Å².